The molecule has 2 rings (SSSR count). The van der Waals surface area contributed by atoms with E-state index in [1.165, 1.54) is 0 Å². The Kier molecular flexibility index (Phi) is 4.68. The summed E-state index contributed by atoms with van der Waals surface area (Å²) in [6.07, 6.45) is 0.829. The van der Waals surface area contributed by atoms with Crippen molar-refractivity contribution in [3.8, 4) is 0 Å². The third-order valence-electron chi connectivity index (χ3n) is 4.24. The van der Waals surface area contributed by atoms with E-state index in [1.54, 1.807) is 0 Å². The van der Waals surface area contributed by atoms with Crippen molar-refractivity contribution < 1.29 is 13.2 Å². The summed E-state index contributed by atoms with van der Waals surface area (Å²) in [4.78, 5) is 5.99. The van der Waals surface area contributed by atoms with Crippen LogP contribution in [-0.4, -0.2) is 36.1 Å². The van der Waals surface area contributed by atoms with Crippen molar-refractivity contribution in [3.05, 3.63) is 22.8 Å². The topological polar surface area (TPSA) is 28.2 Å². The van der Waals surface area contributed by atoms with Gasteiger partial charge >= 0.3 is 6.18 Å². The third-order valence-corrected chi connectivity index (χ3v) is 4.52. The highest BCUT2D eigenvalue weighted by Gasteiger charge is 2.36. The summed E-state index contributed by atoms with van der Waals surface area (Å²) in [5, 5.41) is 3.10. The smallest absolute Gasteiger partial charge is 0.367 e. The number of aromatic nitrogens is 1. The first kappa shape index (κ1) is 16.4. The molecule has 0 atom stereocenters. The summed E-state index contributed by atoms with van der Waals surface area (Å²) < 4.78 is 37.7. The van der Waals surface area contributed by atoms with Crippen LogP contribution >= 0.6 is 11.6 Å². The van der Waals surface area contributed by atoms with Gasteiger partial charge in [0.2, 0.25) is 0 Å². The van der Waals surface area contributed by atoms with Gasteiger partial charge in [0, 0.05) is 18.3 Å². The zero-order chi connectivity index (χ0) is 15.7. The number of anilines is 1. The quantitative estimate of drug-likeness (QED) is 0.907. The lowest BCUT2D eigenvalue weighted by molar-refractivity contribution is -0.137. The van der Waals surface area contributed by atoms with Gasteiger partial charge in [-0.2, -0.15) is 13.2 Å². The van der Waals surface area contributed by atoms with E-state index in [2.05, 4.69) is 15.2 Å². The van der Waals surface area contributed by atoms with Gasteiger partial charge in [0.05, 0.1) is 10.6 Å². The Balaban J connectivity index is 2.10. The lowest BCUT2D eigenvalue weighted by Crippen LogP contribution is -2.47. The highest BCUT2D eigenvalue weighted by molar-refractivity contribution is 6.32. The van der Waals surface area contributed by atoms with E-state index in [1.807, 2.05) is 14.1 Å². The molecule has 0 spiro atoms. The minimum atomic E-state index is -4.43. The molecule has 1 N–H and O–H groups in total. The van der Waals surface area contributed by atoms with E-state index in [9.17, 15) is 13.2 Å². The van der Waals surface area contributed by atoms with Gasteiger partial charge in [0.25, 0.3) is 0 Å². The van der Waals surface area contributed by atoms with E-state index >= 15 is 0 Å². The summed E-state index contributed by atoms with van der Waals surface area (Å²) in [5.74, 6) is 0.304. The summed E-state index contributed by atoms with van der Waals surface area (Å²) in [6, 6.07) is 0.911. The van der Waals surface area contributed by atoms with Crippen LogP contribution < -0.4 is 5.32 Å². The Hall–Kier alpha value is -1.01. The average molecular weight is 322 g/mol. The second kappa shape index (κ2) is 6.01. The number of hydrogen-bond donors (Lipinski definition) is 1. The Morgan fingerprint density at radius 3 is 2.43 bits per heavy atom. The molecule has 1 heterocycles. The van der Waals surface area contributed by atoms with Crippen molar-refractivity contribution >= 4 is 17.4 Å². The largest absolute Gasteiger partial charge is 0.417 e. The monoisotopic (exact) mass is 321 g/mol. The SMILES string of the molecule is CN(C)C1(CNc2ncc(C(F)(F)F)cc2Cl)CCCC1. The third kappa shape index (κ3) is 3.61. The van der Waals surface area contributed by atoms with Crippen molar-refractivity contribution in [1.29, 1.82) is 0 Å². The van der Waals surface area contributed by atoms with Crippen LogP contribution in [0.25, 0.3) is 0 Å². The fraction of sp³-hybridized carbons (Fsp3) is 0.643. The molecule has 1 aromatic heterocycles. The molecule has 1 aliphatic rings. The Bertz CT molecular complexity index is 497. The van der Waals surface area contributed by atoms with E-state index < -0.39 is 11.7 Å². The molecule has 0 radical (unpaired) electrons. The molecule has 21 heavy (non-hydrogen) atoms. The fourth-order valence-electron chi connectivity index (χ4n) is 2.79. The minimum Gasteiger partial charge on any atom is -0.367 e. The number of nitrogens with zero attached hydrogens (tertiary/aromatic N) is 2. The molecule has 1 fully saturated rings. The van der Waals surface area contributed by atoms with E-state index in [0.717, 1.165) is 37.9 Å². The molecule has 0 amide bonds. The first-order valence-corrected chi connectivity index (χ1v) is 7.26. The number of alkyl halides is 3. The molecule has 0 aliphatic heterocycles. The molecule has 0 aromatic carbocycles. The van der Waals surface area contributed by atoms with Gasteiger partial charge in [-0.05, 0) is 33.0 Å². The zero-order valence-electron chi connectivity index (χ0n) is 12.1. The van der Waals surface area contributed by atoms with Crippen LogP contribution in [0.15, 0.2) is 12.3 Å². The van der Waals surface area contributed by atoms with Crippen LogP contribution in [0.3, 0.4) is 0 Å². The number of likely N-dealkylation sites (N-methyl/N-ethyl adjacent to an activating group) is 1. The number of halogens is 4. The van der Waals surface area contributed by atoms with Crippen LogP contribution in [0.2, 0.25) is 5.02 Å². The van der Waals surface area contributed by atoms with Crippen LogP contribution in [0.1, 0.15) is 31.2 Å². The molecule has 0 saturated heterocycles. The summed E-state index contributed by atoms with van der Waals surface area (Å²) in [6.45, 7) is 0.623. The molecular formula is C14H19ClF3N3. The molecular weight excluding hydrogens is 303 g/mol. The number of nitrogens with one attached hydrogen (secondary N) is 1. The van der Waals surface area contributed by atoms with E-state index in [4.69, 9.17) is 11.6 Å². The molecule has 118 valence electrons. The van der Waals surface area contributed by atoms with Gasteiger partial charge in [-0.25, -0.2) is 4.98 Å². The van der Waals surface area contributed by atoms with Gasteiger partial charge < -0.3 is 10.2 Å². The van der Waals surface area contributed by atoms with Crippen molar-refractivity contribution in [3.63, 3.8) is 0 Å². The Morgan fingerprint density at radius 2 is 1.95 bits per heavy atom. The van der Waals surface area contributed by atoms with E-state index in [0.29, 0.717) is 12.4 Å². The highest BCUT2D eigenvalue weighted by Crippen LogP contribution is 2.35. The Morgan fingerprint density at radius 1 is 1.33 bits per heavy atom. The van der Waals surface area contributed by atoms with Gasteiger partial charge in [0.15, 0.2) is 0 Å². The predicted molar refractivity (Wildman–Crippen MR) is 77.6 cm³/mol. The highest BCUT2D eigenvalue weighted by atomic mass is 35.5. The lowest BCUT2D eigenvalue weighted by atomic mass is 9.96. The van der Waals surface area contributed by atoms with Crippen LogP contribution in [0, 0.1) is 0 Å². The summed E-state index contributed by atoms with van der Waals surface area (Å²) in [5.41, 5.74) is -0.811. The first-order valence-electron chi connectivity index (χ1n) is 6.89. The molecule has 1 saturated carbocycles. The first-order chi connectivity index (χ1) is 9.74. The van der Waals surface area contributed by atoms with Crippen LogP contribution in [0.5, 0.6) is 0 Å². The van der Waals surface area contributed by atoms with Crippen LogP contribution in [0.4, 0.5) is 19.0 Å². The zero-order valence-corrected chi connectivity index (χ0v) is 12.9. The second-order valence-corrected chi connectivity index (χ2v) is 6.14. The average Bonchev–Trinajstić information content (AvgIpc) is 2.86. The number of hydrogen-bond acceptors (Lipinski definition) is 3. The van der Waals surface area contributed by atoms with Crippen molar-refractivity contribution in [2.24, 2.45) is 0 Å². The lowest BCUT2D eigenvalue weighted by Gasteiger charge is -2.36. The minimum absolute atomic E-state index is 0.00303. The number of rotatable bonds is 4. The second-order valence-electron chi connectivity index (χ2n) is 5.73. The summed E-state index contributed by atoms with van der Waals surface area (Å²) >= 11 is 5.91. The Labute approximate surface area is 127 Å². The fourth-order valence-corrected chi connectivity index (χ4v) is 3.02. The maximum atomic E-state index is 12.6. The van der Waals surface area contributed by atoms with Gasteiger partial charge in [0.1, 0.15) is 5.82 Å². The maximum Gasteiger partial charge on any atom is 0.417 e. The maximum absolute atomic E-state index is 12.6. The molecule has 0 unspecified atom stereocenters. The van der Waals surface area contributed by atoms with Crippen molar-refractivity contribution in [1.82, 2.24) is 9.88 Å². The van der Waals surface area contributed by atoms with Gasteiger partial charge in [-0.1, -0.05) is 24.4 Å². The molecule has 1 aliphatic carbocycles. The van der Waals surface area contributed by atoms with Gasteiger partial charge in [-0.15, -0.1) is 0 Å². The predicted octanol–water partition coefficient (Wildman–Crippen LogP) is 4.04. The van der Waals surface area contributed by atoms with Gasteiger partial charge in [-0.3, -0.25) is 0 Å². The standard InChI is InChI=1S/C14H19ClF3N3/c1-21(2)13(5-3-4-6-13)9-20-12-11(15)7-10(8-19-12)14(16,17)18/h7-8H,3-6,9H2,1-2H3,(H,19,20). The van der Waals surface area contributed by atoms with Crippen LogP contribution in [-0.2, 0) is 6.18 Å². The van der Waals surface area contributed by atoms with Crippen molar-refractivity contribution in [2.75, 3.05) is 26.0 Å². The number of pyridine rings is 1. The molecule has 1 aromatic rings. The molecule has 0 bridgehead atoms. The normalized spacial score (nSPS) is 18.2. The molecule has 3 nitrogen and oxygen atoms in total. The van der Waals surface area contributed by atoms with Crippen molar-refractivity contribution in [2.45, 2.75) is 37.4 Å². The van der Waals surface area contributed by atoms with E-state index in [-0.39, 0.29) is 10.6 Å². The molecule has 7 heteroatoms. The summed E-state index contributed by atoms with van der Waals surface area (Å²) in [7, 11) is 4.05.